The maximum Gasteiger partial charge on any atom is 0.251 e. The summed E-state index contributed by atoms with van der Waals surface area (Å²) < 4.78 is 20.3. The zero-order valence-electron chi connectivity index (χ0n) is 21.0. The van der Waals surface area contributed by atoms with E-state index < -0.39 is 48.3 Å². The lowest BCUT2D eigenvalue weighted by Gasteiger charge is -2.32. The fourth-order valence-corrected chi connectivity index (χ4v) is 4.24. The van der Waals surface area contributed by atoms with Crippen molar-refractivity contribution >= 4 is 39.8 Å². The molecule has 0 aliphatic carbocycles. The lowest BCUT2D eigenvalue weighted by atomic mass is 9.91. The number of benzene rings is 3. The third kappa shape index (κ3) is 7.70. The van der Waals surface area contributed by atoms with Crippen LogP contribution in [-0.2, 0) is 14.4 Å². The summed E-state index contributed by atoms with van der Waals surface area (Å²) >= 11 is 3.16. The number of hydrogen-bond donors (Lipinski definition) is 4. The number of aliphatic hydroxyl groups is 2. The molecule has 3 amide bonds. The van der Waals surface area contributed by atoms with Crippen LogP contribution in [-0.4, -0.2) is 58.7 Å². The Kier molecular flexibility index (Phi) is 10.7. The third-order valence-corrected chi connectivity index (χ3v) is 6.58. The number of rotatable bonds is 12. The Morgan fingerprint density at radius 3 is 2.36 bits per heavy atom. The molecule has 206 valence electrons. The van der Waals surface area contributed by atoms with Gasteiger partial charge in [0.05, 0.1) is 12.3 Å². The van der Waals surface area contributed by atoms with E-state index in [4.69, 9.17) is 15.6 Å². The Labute approximate surface area is 233 Å². The Morgan fingerprint density at radius 1 is 1.10 bits per heavy atom. The molecule has 0 heterocycles. The molecule has 4 atom stereocenters. The summed E-state index contributed by atoms with van der Waals surface area (Å²) in [6.45, 7) is 1.09. The Bertz CT molecular complexity index is 1280. The smallest absolute Gasteiger partial charge is 0.251 e. The Morgan fingerprint density at radius 2 is 1.77 bits per heavy atom. The topological polar surface area (TPSA) is 142 Å². The first-order valence-corrected chi connectivity index (χ1v) is 12.8. The van der Waals surface area contributed by atoms with Crippen molar-refractivity contribution < 1.29 is 33.7 Å². The van der Waals surface area contributed by atoms with E-state index in [2.05, 4.69) is 21.2 Å². The second-order valence-electron chi connectivity index (χ2n) is 8.80. The third-order valence-electron chi connectivity index (χ3n) is 6.08. The summed E-state index contributed by atoms with van der Waals surface area (Å²) in [5.41, 5.74) is 7.12. The number of amides is 3. The number of aliphatic hydroxyl groups excluding tert-OH is 2. The molecule has 3 aromatic carbocycles. The number of carbonyl (C=O) groups excluding carboxylic acids is 3. The van der Waals surface area contributed by atoms with Gasteiger partial charge in [0, 0.05) is 10.4 Å². The summed E-state index contributed by atoms with van der Waals surface area (Å²) in [4.78, 5) is 40.0. The molecule has 5 N–H and O–H groups in total. The lowest BCUT2D eigenvalue weighted by Crippen LogP contribution is -2.52. The molecule has 0 aliphatic rings. The minimum atomic E-state index is -1.35. The van der Waals surface area contributed by atoms with Gasteiger partial charge < -0.3 is 26.0 Å². The average Bonchev–Trinajstić information content (AvgIpc) is 2.95. The van der Waals surface area contributed by atoms with Gasteiger partial charge in [0.15, 0.2) is 0 Å². The maximum atomic E-state index is 14.5. The fourth-order valence-electron chi connectivity index (χ4n) is 3.90. The summed E-state index contributed by atoms with van der Waals surface area (Å²) in [6.07, 6.45) is -0.798. The van der Waals surface area contributed by atoms with Crippen LogP contribution in [0, 0.1) is 5.82 Å². The molecule has 39 heavy (non-hydrogen) atoms. The highest BCUT2D eigenvalue weighted by atomic mass is 79.9. The minimum absolute atomic E-state index is 0.113. The quantitative estimate of drug-likeness (QED) is 0.234. The molecule has 0 aromatic heterocycles. The molecule has 0 saturated heterocycles. The molecule has 0 spiro atoms. The standard InChI is InChI=1S/C28H29BrFN3O6/c1-17(18-5-3-2-4-6-18)26(27(37)32-24-12-9-20(29)13-23(24)30)33(16-35)28(38)25(31)19-7-10-22(11-8-19)39-15-21(36)14-34/h2-13,16-17,21,25-26,34,36H,14-15,31H2,1H3,(H,32,37)/t17-,21+,25+,26-/m0/s1. The maximum absolute atomic E-state index is 14.5. The molecule has 0 radical (unpaired) electrons. The van der Waals surface area contributed by atoms with Gasteiger partial charge in [-0.15, -0.1) is 0 Å². The zero-order chi connectivity index (χ0) is 28.5. The Hall–Kier alpha value is -3.64. The van der Waals surface area contributed by atoms with Crippen LogP contribution in [0.25, 0.3) is 0 Å². The second-order valence-corrected chi connectivity index (χ2v) is 9.72. The molecule has 11 heteroatoms. The van der Waals surface area contributed by atoms with Crippen molar-refractivity contribution in [1.29, 1.82) is 0 Å². The number of nitrogens with one attached hydrogen (secondary N) is 1. The van der Waals surface area contributed by atoms with Crippen molar-refractivity contribution in [2.45, 2.75) is 31.0 Å². The van der Waals surface area contributed by atoms with Crippen molar-refractivity contribution in [3.63, 3.8) is 0 Å². The number of carbonyl (C=O) groups is 3. The highest BCUT2D eigenvalue weighted by Crippen LogP contribution is 2.28. The molecule has 3 aromatic rings. The van der Waals surface area contributed by atoms with Crippen LogP contribution < -0.4 is 15.8 Å². The van der Waals surface area contributed by atoms with Gasteiger partial charge in [-0.3, -0.25) is 19.3 Å². The molecule has 0 aliphatic heterocycles. The highest BCUT2D eigenvalue weighted by molar-refractivity contribution is 9.10. The van der Waals surface area contributed by atoms with E-state index >= 15 is 0 Å². The Balaban J connectivity index is 1.88. The van der Waals surface area contributed by atoms with E-state index in [0.29, 0.717) is 21.3 Å². The first kappa shape index (κ1) is 29.9. The van der Waals surface area contributed by atoms with Crippen molar-refractivity contribution in [2.24, 2.45) is 5.73 Å². The largest absolute Gasteiger partial charge is 0.491 e. The molecule has 0 saturated carbocycles. The van der Waals surface area contributed by atoms with Crippen LogP contribution in [0.15, 0.2) is 77.3 Å². The summed E-state index contributed by atoms with van der Waals surface area (Å²) in [6, 6.07) is 16.3. The molecule has 0 bridgehead atoms. The van der Waals surface area contributed by atoms with Crippen LogP contribution in [0.5, 0.6) is 5.75 Å². The highest BCUT2D eigenvalue weighted by Gasteiger charge is 2.37. The number of halogens is 2. The number of nitrogens with zero attached hydrogens (tertiary/aromatic N) is 1. The molecular formula is C28H29BrFN3O6. The van der Waals surface area contributed by atoms with Crippen LogP contribution >= 0.6 is 15.9 Å². The molecular weight excluding hydrogens is 573 g/mol. The summed E-state index contributed by atoms with van der Waals surface area (Å²) in [5, 5.41) is 20.8. The zero-order valence-corrected chi connectivity index (χ0v) is 22.6. The van der Waals surface area contributed by atoms with Crippen LogP contribution in [0.1, 0.15) is 30.0 Å². The number of imide groups is 1. The van der Waals surface area contributed by atoms with Gasteiger partial charge in [0.2, 0.25) is 12.3 Å². The lowest BCUT2D eigenvalue weighted by molar-refractivity contribution is -0.146. The second kappa shape index (κ2) is 13.9. The van der Waals surface area contributed by atoms with Crippen molar-refractivity contribution in [3.05, 3.63) is 94.2 Å². The predicted octanol–water partition coefficient (Wildman–Crippen LogP) is 3.12. The molecule has 0 fully saturated rings. The van der Waals surface area contributed by atoms with Gasteiger partial charge in [-0.2, -0.15) is 0 Å². The van der Waals surface area contributed by atoms with Crippen molar-refractivity contribution in [1.82, 2.24) is 4.90 Å². The minimum Gasteiger partial charge on any atom is -0.491 e. The van der Waals surface area contributed by atoms with Gasteiger partial charge in [-0.25, -0.2) is 4.39 Å². The van der Waals surface area contributed by atoms with E-state index in [1.54, 1.807) is 43.3 Å². The predicted molar refractivity (Wildman–Crippen MR) is 146 cm³/mol. The van der Waals surface area contributed by atoms with Crippen molar-refractivity contribution in [2.75, 3.05) is 18.5 Å². The van der Waals surface area contributed by atoms with E-state index in [1.807, 2.05) is 0 Å². The molecule has 0 unspecified atom stereocenters. The van der Waals surface area contributed by atoms with E-state index in [-0.39, 0.29) is 18.7 Å². The monoisotopic (exact) mass is 601 g/mol. The van der Waals surface area contributed by atoms with Gasteiger partial charge in [0.1, 0.15) is 36.4 Å². The van der Waals surface area contributed by atoms with E-state index in [1.165, 1.54) is 36.4 Å². The molecule has 9 nitrogen and oxygen atoms in total. The SMILES string of the molecule is C[C@@H](c1ccccc1)[C@@H](C(=O)Nc1ccc(Br)cc1F)N(C=O)C(=O)[C@H](N)c1ccc(OC[C@H](O)CO)cc1. The van der Waals surface area contributed by atoms with Gasteiger partial charge >= 0.3 is 0 Å². The van der Waals surface area contributed by atoms with Crippen LogP contribution in [0.2, 0.25) is 0 Å². The first-order valence-electron chi connectivity index (χ1n) is 12.0. The normalized spacial score (nSPS) is 14.0. The molecule has 3 rings (SSSR count). The van der Waals surface area contributed by atoms with E-state index in [9.17, 15) is 23.9 Å². The summed E-state index contributed by atoms with van der Waals surface area (Å²) in [5.74, 6) is -2.61. The number of anilines is 1. The van der Waals surface area contributed by atoms with Crippen molar-refractivity contribution in [3.8, 4) is 5.75 Å². The van der Waals surface area contributed by atoms with Gasteiger partial charge in [-0.05, 0) is 41.5 Å². The first-order chi connectivity index (χ1) is 18.7. The average molecular weight is 602 g/mol. The number of hydrogen-bond acceptors (Lipinski definition) is 7. The van der Waals surface area contributed by atoms with Crippen LogP contribution in [0.4, 0.5) is 10.1 Å². The fraction of sp³-hybridized carbons (Fsp3) is 0.250. The van der Waals surface area contributed by atoms with Gasteiger partial charge in [0.25, 0.3) is 5.91 Å². The van der Waals surface area contributed by atoms with Gasteiger partial charge in [-0.1, -0.05) is 65.3 Å². The van der Waals surface area contributed by atoms with Crippen LogP contribution in [0.3, 0.4) is 0 Å². The summed E-state index contributed by atoms with van der Waals surface area (Å²) in [7, 11) is 0. The van der Waals surface area contributed by atoms with E-state index in [0.717, 1.165) is 4.90 Å². The number of ether oxygens (including phenoxy) is 1. The number of nitrogens with two attached hydrogens (primary N) is 1.